The number of aliphatic hydroxyl groups excluding tert-OH is 1. The van der Waals surface area contributed by atoms with Crippen molar-refractivity contribution >= 4 is 23.8 Å². The number of methoxy groups -OCH3 is 1. The molecule has 0 aromatic carbocycles. The molecular formula is C9H15NO4S. The van der Waals surface area contributed by atoms with Crippen molar-refractivity contribution in [2.45, 2.75) is 18.9 Å². The zero-order valence-corrected chi connectivity index (χ0v) is 9.37. The first-order valence-electron chi connectivity index (χ1n) is 4.77. The van der Waals surface area contributed by atoms with Crippen molar-refractivity contribution in [3.63, 3.8) is 0 Å². The van der Waals surface area contributed by atoms with E-state index < -0.39 is 11.3 Å². The molecule has 1 saturated carbocycles. The lowest BCUT2D eigenvalue weighted by Gasteiger charge is -2.13. The minimum Gasteiger partial charge on any atom is -0.469 e. The SMILES string of the molecule is COC(=O)C1C[C@H](CNC(=O)S)[C@@H](O)C1. The van der Waals surface area contributed by atoms with Crippen molar-refractivity contribution < 1.29 is 19.4 Å². The Morgan fingerprint density at radius 1 is 1.53 bits per heavy atom. The van der Waals surface area contributed by atoms with Crippen LogP contribution >= 0.6 is 12.6 Å². The average Bonchev–Trinajstić information content (AvgIpc) is 2.55. The summed E-state index contributed by atoms with van der Waals surface area (Å²) in [5.74, 6) is -0.647. The van der Waals surface area contributed by atoms with Gasteiger partial charge in [0.05, 0.1) is 19.1 Å². The average molecular weight is 233 g/mol. The van der Waals surface area contributed by atoms with Gasteiger partial charge in [-0.2, -0.15) is 0 Å². The van der Waals surface area contributed by atoms with E-state index in [4.69, 9.17) is 0 Å². The van der Waals surface area contributed by atoms with Gasteiger partial charge in [0.15, 0.2) is 0 Å². The van der Waals surface area contributed by atoms with E-state index in [2.05, 4.69) is 22.7 Å². The number of hydrogen-bond donors (Lipinski definition) is 3. The van der Waals surface area contributed by atoms with E-state index in [0.29, 0.717) is 19.4 Å². The lowest BCUT2D eigenvalue weighted by Crippen LogP contribution is -2.29. The summed E-state index contributed by atoms with van der Waals surface area (Å²) in [7, 11) is 1.33. The Morgan fingerprint density at radius 2 is 2.20 bits per heavy atom. The highest BCUT2D eigenvalue weighted by Gasteiger charge is 2.37. The van der Waals surface area contributed by atoms with Crippen molar-refractivity contribution in [3.05, 3.63) is 0 Å². The molecule has 0 aromatic rings. The van der Waals surface area contributed by atoms with Crippen LogP contribution < -0.4 is 5.32 Å². The zero-order valence-electron chi connectivity index (χ0n) is 8.47. The second-order valence-corrected chi connectivity index (χ2v) is 4.11. The maximum atomic E-state index is 11.2. The van der Waals surface area contributed by atoms with Crippen LogP contribution in [0.3, 0.4) is 0 Å². The normalized spacial score (nSPS) is 29.9. The lowest BCUT2D eigenvalue weighted by atomic mass is 10.0. The third-order valence-corrected chi connectivity index (χ3v) is 2.87. The van der Waals surface area contributed by atoms with Crippen LogP contribution in [0.5, 0.6) is 0 Å². The van der Waals surface area contributed by atoms with E-state index >= 15 is 0 Å². The minimum absolute atomic E-state index is 0.0924. The Morgan fingerprint density at radius 3 is 2.73 bits per heavy atom. The molecule has 2 N–H and O–H groups in total. The van der Waals surface area contributed by atoms with Gasteiger partial charge in [0.25, 0.3) is 5.24 Å². The zero-order chi connectivity index (χ0) is 11.4. The van der Waals surface area contributed by atoms with Crippen molar-refractivity contribution in [2.24, 2.45) is 11.8 Å². The topological polar surface area (TPSA) is 75.6 Å². The summed E-state index contributed by atoms with van der Waals surface area (Å²) in [4.78, 5) is 21.8. The first-order chi connectivity index (χ1) is 7.04. The first kappa shape index (κ1) is 12.3. The Kier molecular flexibility index (Phi) is 4.41. The van der Waals surface area contributed by atoms with Crippen molar-refractivity contribution in [1.82, 2.24) is 5.32 Å². The maximum absolute atomic E-state index is 11.2. The molecule has 1 rings (SSSR count). The molecule has 86 valence electrons. The number of thiol groups is 1. The van der Waals surface area contributed by atoms with Crippen LogP contribution in [-0.2, 0) is 9.53 Å². The highest BCUT2D eigenvalue weighted by atomic mass is 32.1. The molecule has 1 aliphatic rings. The Hall–Kier alpha value is -0.750. The predicted molar refractivity (Wildman–Crippen MR) is 56.6 cm³/mol. The number of nitrogens with one attached hydrogen (secondary N) is 1. The predicted octanol–water partition coefficient (Wildman–Crippen LogP) is 0.186. The van der Waals surface area contributed by atoms with Gasteiger partial charge in [-0.05, 0) is 12.8 Å². The number of ether oxygens (including phenoxy) is 1. The third-order valence-electron chi connectivity index (χ3n) is 2.71. The lowest BCUT2D eigenvalue weighted by molar-refractivity contribution is -0.145. The van der Waals surface area contributed by atoms with Crippen LogP contribution in [0, 0.1) is 11.8 Å². The number of esters is 1. The molecule has 0 aliphatic heterocycles. The molecule has 1 unspecified atom stereocenters. The molecule has 0 aromatic heterocycles. The fourth-order valence-corrected chi connectivity index (χ4v) is 1.99. The Balaban J connectivity index is 2.42. The van der Waals surface area contributed by atoms with Crippen LogP contribution in [0.1, 0.15) is 12.8 Å². The van der Waals surface area contributed by atoms with Gasteiger partial charge in [0.2, 0.25) is 0 Å². The monoisotopic (exact) mass is 233 g/mol. The molecule has 0 heterocycles. The number of carbonyl (C=O) groups excluding carboxylic acids is 2. The van der Waals surface area contributed by atoms with E-state index in [9.17, 15) is 14.7 Å². The van der Waals surface area contributed by atoms with E-state index in [1.54, 1.807) is 0 Å². The highest BCUT2D eigenvalue weighted by Crippen LogP contribution is 2.31. The van der Waals surface area contributed by atoms with Crippen LogP contribution in [0.25, 0.3) is 0 Å². The number of aliphatic hydroxyl groups is 1. The molecule has 0 saturated heterocycles. The molecule has 1 aliphatic carbocycles. The van der Waals surface area contributed by atoms with Gasteiger partial charge in [0.1, 0.15) is 0 Å². The summed E-state index contributed by atoms with van der Waals surface area (Å²) < 4.78 is 4.60. The summed E-state index contributed by atoms with van der Waals surface area (Å²) in [5, 5.41) is 11.7. The first-order valence-corrected chi connectivity index (χ1v) is 5.22. The summed E-state index contributed by atoms with van der Waals surface area (Å²) in [6.07, 6.45) is 0.385. The summed E-state index contributed by atoms with van der Waals surface area (Å²) in [5.41, 5.74) is 0. The summed E-state index contributed by atoms with van der Waals surface area (Å²) >= 11 is 3.56. The van der Waals surface area contributed by atoms with Gasteiger partial charge in [-0.15, -0.1) is 0 Å². The molecule has 5 nitrogen and oxygen atoms in total. The van der Waals surface area contributed by atoms with E-state index in [1.807, 2.05) is 0 Å². The van der Waals surface area contributed by atoms with Crippen LogP contribution in [0.15, 0.2) is 0 Å². The minimum atomic E-state index is -0.561. The smallest absolute Gasteiger partial charge is 0.308 e. The van der Waals surface area contributed by atoms with Crippen molar-refractivity contribution in [3.8, 4) is 0 Å². The molecule has 1 fully saturated rings. The van der Waals surface area contributed by atoms with Gasteiger partial charge in [-0.1, -0.05) is 12.6 Å². The second kappa shape index (κ2) is 5.37. The number of carbonyl (C=O) groups is 2. The molecule has 6 heteroatoms. The van der Waals surface area contributed by atoms with Gasteiger partial charge in [-0.25, -0.2) is 0 Å². The van der Waals surface area contributed by atoms with Crippen molar-refractivity contribution in [2.75, 3.05) is 13.7 Å². The standard InChI is InChI=1S/C9H15NO4S/c1-14-8(12)5-2-6(7(11)3-5)4-10-9(13)15/h5-7,11H,2-4H2,1H3,(H2,10,13,15)/t5?,6-,7+/m1/s1. The quantitative estimate of drug-likeness (QED) is 0.480. The molecule has 0 bridgehead atoms. The van der Waals surface area contributed by atoms with Crippen LogP contribution in [-0.4, -0.2) is 36.1 Å². The fourth-order valence-electron chi connectivity index (χ4n) is 1.90. The van der Waals surface area contributed by atoms with E-state index in [-0.39, 0.29) is 17.8 Å². The second-order valence-electron chi connectivity index (χ2n) is 3.70. The Bertz CT molecular complexity index is 258. The van der Waals surface area contributed by atoms with Gasteiger partial charge in [-0.3, -0.25) is 9.59 Å². The van der Waals surface area contributed by atoms with Gasteiger partial charge < -0.3 is 15.2 Å². The van der Waals surface area contributed by atoms with E-state index in [0.717, 1.165) is 0 Å². The van der Waals surface area contributed by atoms with Crippen LogP contribution in [0.4, 0.5) is 4.79 Å². The molecular weight excluding hydrogens is 218 g/mol. The largest absolute Gasteiger partial charge is 0.469 e. The molecule has 3 atom stereocenters. The van der Waals surface area contributed by atoms with Crippen LogP contribution in [0.2, 0.25) is 0 Å². The van der Waals surface area contributed by atoms with Gasteiger partial charge in [0, 0.05) is 12.5 Å². The number of rotatable bonds is 3. The van der Waals surface area contributed by atoms with E-state index in [1.165, 1.54) is 7.11 Å². The molecule has 0 radical (unpaired) electrons. The summed E-state index contributed by atoms with van der Waals surface area (Å²) in [6.45, 7) is 0.344. The highest BCUT2D eigenvalue weighted by molar-refractivity contribution is 7.96. The molecule has 1 amide bonds. The maximum Gasteiger partial charge on any atom is 0.308 e. The molecule has 15 heavy (non-hydrogen) atoms. The fraction of sp³-hybridized carbons (Fsp3) is 0.778. The Labute approximate surface area is 93.6 Å². The molecule has 0 spiro atoms. The number of hydrogen-bond acceptors (Lipinski definition) is 4. The summed E-state index contributed by atoms with van der Waals surface area (Å²) in [6, 6.07) is 0. The van der Waals surface area contributed by atoms with Crippen molar-refractivity contribution in [1.29, 1.82) is 0 Å². The number of amides is 1. The van der Waals surface area contributed by atoms with Gasteiger partial charge >= 0.3 is 5.97 Å². The third kappa shape index (κ3) is 3.39.